The third-order valence-electron chi connectivity index (χ3n) is 0. The van der Waals surface area contributed by atoms with Gasteiger partial charge in [0.05, 0.1) is 0 Å². The maximum absolute atomic E-state index is 0. The van der Waals surface area contributed by atoms with Crippen molar-refractivity contribution in [1.82, 2.24) is 0 Å². The van der Waals surface area contributed by atoms with E-state index in [9.17, 15) is 0 Å². The van der Waals surface area contributed by atoms with Crippen LogP contribution in [0.5, 0.6) is 0 Å². The van der Waals surface area contributed by atoms with Crippen LogP contribution in [0.4, 0.5) is 0 Å². The van der Waals surface area contributed by atoms with E-state index in [1.165, 1.54) is 0 Å². The van der Waals surface area contributed by atoms with Gasteiger partial charge in [0.2, 0.25) is 0 Å². The molecular weight excluding hydrogens is 260 g/mol. The Kier molecular flexibility index (Phi) is 6500. The van der Waals surface area contributed by atoms with Crippen LogP contribution in [0.25, 0.3) is 0 Å². The van der Waals surface area contributed by atoms with Gasteiger partial charge in [-0.1, -0.05) is 0 Å². The largest absolute Gasteiger partial charge is 3.00 e. The van der Waals surface area contributed by atoms with Crippen LogP contribution in [0.3, 0.4) is 0 Å². The van der Waals surface area contributed by atoms with E-state index >= 15 is 0 Å². The molecule has 0 aliphatic heterocycles. The summed E-state index contributed by atoms with van der Waals surface area (Å²) >= 11 is 0. The molecule has 0 aromatic carbocycles. The van der Waals surface area contributed by atoms with Gasteiger partial charge in [0.1, 0.15) is 0 Å². The van der Waals surface area contributed by atoms with Crippen molar-refractivity contribution in [2.24, 2.45) is 0 Å². The van der Waals surface area contributed by atoms with Gasteiger partial charge in [-0.3, -0.25) is 0 Å². The standard InChI is InChI=1S/4Al.Ca.7O/q4*+3;+2;7*-2. The Balaban J connectivity index is 0. The predicted octanol–water partition coefficient (Wildman–Crippen LogP) is -2.74. The molecule has 0 aliphatic carbocycles. The first kappa shape index (κ1) is 311. The minimum Gasteiger partial charge on any atom is -2.00 e. The van der Waals surface area contributed by atoms with Crippen molar-refractivity contribution in [3.05, 3.63) is 0 Å². The summed E-state index contributed by atoms with van der Waals surface area (Å²) in [5, 5.41) is 0. The fraction of sp³-hybridized carbons (Fsp3) is 0. The molecule has 0 rings (SSSR count). The molecule has 0 N–H and O–H groups in total. The first-order valence-electron chi connectivity index (χ1n) is 0. The van der Waals surface area contributed by atoms with E-state index in [0.29, 0.717) is 0 Å². The molecule has 56 valence electrons. The topological polar surface area (TPSA) is 200 Å². The molecule has 0 atom stereocenters. The second-order valence-corrected chi connectivity index (χ2v) is 0. The molecule has 0 unspecified atom stereocenters. The van der Waals surface area contributed by atoms with Crippen molar-refractivity contribution < 1.29 is 38.3 Å². The van der Waals surface area contributed by atoms with E-state index in [1.807, 2.05) is 0 Å². The molecule has 0 aliphatic rings. The Labute approximate surface area is 143 Å². The maximum Gasteiger partial charge on any atom is 3.00 e. The third-order valence-corrected chi connectivity index (χ3v) is 0. The molecule has 0 heterocycles. The Bertz CT molecular complexity index is 15.4. The smallest absolute Gasteiger partial charge is 2.00 e. The molecule has 0 amide bonds. The summed E-state index contributed by atoms with van der Waals surface area (Å²) < 4.78 is 0. The molecule has 0 saturated heterocycles. The zero-order valence-corrected chi connectivity index (χ0v) is 12.7. The van der Waals surface area contributed by atoms with Gasteiger partial charge >= 0.3 is 107 Å². The van der Waals surface area contributed by atoms with Crippen molar-refractivity contribution in [2.75, 3.05) is 0 Å². The van der Waals surface area contributed by atoms with E-state index < -0.39 is 0 Å². The SMILES string of the molecule is [Al+3].[Al+3].[Al+3].[Al+3].[Ca+2].[O-2].[O-2].[O-2].[O-2].[O-2].[O-2].[O-2]. The zero-order chi connectivity index (χ0) is 0. The summed E-state index contributed by atoms with van der Waals surface area (Å²) in [6.45, 7) is 0. The normalized spacial score (nSPS) is 0. The fourth-order valence-electron chi connectivity index (χ4n) is 0. The van der Waals surface area contributed by atoms with Crippen molar-refractivity contribution >= 4 is 107 Å². The first-order valence-corrected chi connectivity index (χ1v) is 0. The summed E-state index contributed by atoms with van der Waals surface area (Å²) in [5.41, 5.74) is 0. The molecule has 0 spiro atoms. The summed E-state index contributed by atoms with van der Waals surface area (Å²) in [6, 6.07) is 0. The average molecular weight is 260 g/mol. The van der Waals surface area contributed by atoms with Gasteiger partial charge in [0.25, 0.3) is 0 Å². The van der Waals surface area contributed by atoms with Gasteiger partial charge in [-0.15, -0.1) is 0 Å². The summed E-state index contributed by atoms with van der Waals surface area (Å²) in [6.07, 6.45) is 0. The van der Waals surface area contributed by atoms with Gasteiger partial charge in [0.15, 0.2) is 0 Å². The van der Waals surface area contributed by atoms with Gasteiger partial charge < -0.3 is 38.3 Å². The van der Waals surface area contributed by atoms with Crippen LogP contribution in [0.15, 0.2) is 0 Å². The molecule has 0 bridgehead atoms. The van der Waals surface area contributed by atoms with Gasteiger partial charge in [-0.2, -0.15) is 0 Å². The molecule has 12 heteroatoms. The van der Waals surface area contributed by atoms with Crippen LogP contribution < -0.4 is 0 Å². The van der Waals surface area contributed by atoms with Gasteiger partial charge in [-0.25, -0.2) is 0 Å². The third kappa shape index (κ3) is 199. The second-order valence-electron chi connectivity index (χ2n) is 0. The van der Waals surface area contributed by atoms with E-state index in [4.69, 9.17) is 0 Å². The van der Waals surface area contributed by atoms with Crippen molar-refractivity contribution in [1.29, 1.82) is 0 Å². The Morgan fingerprint density at radius 3 is 0.250 bits per heavy atom. The molecule has 7 nitrogen and oxygen atoms in total. The Hall–Kier alpha value is 3.11. The van der Waals surface area contributed by atoms with Crippen molar-refractivity contribution in [3.63, 3.8) is 0 Å². The van der Waals surface area contributed by atoms with Crippen LogP contribution in [0.1, 0.15) is 0 Å². The molecule has 0 aromatic heterocycles. The van der Waals surface area contributed by atoms with Crippen LogP contribution in [0.2, 0.25) is 0 Å². The molecule has 0 fully saturated rings. The monoisotopic (exact) mass is 260 g/mol. The maximum atomic E-state index is 0. The van der Waals surface area contributed by atoms with E-state index in [1.54, 1.807) is 0 Å². The molecule has 0 saturated carbocycles. The quantitative estimate of drug-likeness (QED) is 0.407. The first-order chi connectivity index (χ1) is 0. The fourth-order valence-corrected chi connectivity index (χ4v) is 0. The predicted molar refractivity (Wildman–Crippen MR) is 33.6 cm³/mol. The Morgan fingerprint density at radius 1 is 0.250 bits per heavy atom. The van der Waals surface area contributed by atoms with E-state index in [2.05, 4.69) is 0 Å². The number of hydrogen-bond donors (Lipinski definition) is 0. The summed E-state index contributed by atoms with van der Waals surface area (Å²) in [4.78, 5) is 0. The molecular formula is Al4CaO7. The molecule has 12 heavy (non-hydrogen) atoms. The minimum atomic E-state index is 0. The average Bonchev–Trinajstić information content (AvgIpc) is 0. The van der Waals surface area contributed by atoms with Crippen molar-refractivity contribution in [2.45, 2.75) is 0 Å². The summed E-state index contributed by atoms with van der Waals surface area (Å²) in [5.74, 6) is 0. The number of rotatable bonds is 0. The zero-order valence-electron chi connectivity index (χ0n) is 5.87. The van der Waals surface area contributed by atoms with Crippen molar-refractivity contribution in [3.8, 4) is 0 Å². The van der Waals surface area contributed by atoms with Crippen LogP contribution in [-0.4, -0.2) is 107 Å². The second kappa shape index (κ2) is 251. The van der Waals surface area contributed by atoms with Crippen LogP contribution in [0, 0.1) is 0 Å². The van der Waals surface area contributed by atoms with Gasteiger partial charge in [-0.05, 0) is 0 Å². The minimum absolute atomic E-state index is 0. The van der Waals surface area contributed by atoms with E-state index in [0.717, 1.165) is 0 Å². The van der Waals surface area contributed by atoms with Gasteiger partial charge in [0, 0.05) is 0 Å². The van der Waals surface area contributed by atoms with E-state index in [-0.39, 0.29) is 146 Å². The molecule has 0 aromatic rings. The summed E-state index contributed by atoms with van der Waals surface area (Å²) in [7, 11) is 0. The molecule has 0 radical (unpaired) electrons. The number of hydrogen-bond acceptors (Lipinski definition) is 0. The van der Waals surface area contributed by atoms with Crippen LogP contribution in [-0.2, 0) is 38.3 Å². The van der Waals surface area contributed by atoms with Crippen LogP contribution >= 0.6 is 0 Å². The Morgan fingerprint density at radius 2 is 0.250 bits per heavy atom.